The van der Waals surface area contributed by atoms with Crippen molar-refractivity contribution in [1.29, 1.82) is 0 Å². The molecule has 0 bridgehead atoms. The molecule has 3 heteroatoms. The summed E-state index contributed by atoms with van der Waals surface area (Å²) in [6.45, 7) is 0.544. The fourth-order valence-electron chi connectivity index (χ4n) is 2.37. The van der Waals surface area contributed by atoms with E-state index in [1.54, 1.807) is 6.07 Å². The summed E-state index contributed by atoms with van der Waals surface area (Å²) < 4.78 is 19.5. The minimum absolute atomic E-state index is 0.0585. The molecule has 1 aromatic carbocycles. The normalized spacial score (nSPS) is 18.5. The predicted molar refractivity (Wildman–Crippen MR) is 66.4 cm³/mol. The Balaban J connectivity index is 1.94. The van der Waals surface area contributed by atoms with Gasteiger partial charge in [0.1, 0.15) is 5.82 Å². The maximum Gasteiger partial charge on any atom is 0.128 e. The molecule has 17 heavy (non-hydrogen) atoms. The molecular formula is C14H20FNO. The number of benzene rings is 1. The highest BCUT2D eigenvalue weighted by atomic mass is 19.1. The summed E-state index contributed by atoms with van der Waals surface area (Å²) in [5.41, 5.74) is 0.688. The fourth-order valence-corrected chi connectivity index (χ4v) is 2.37. The molecule has 1 fully saturated rings. The van der Waals surface area contributed by atoms with E-state index < -0.39 is 0 Å². The summed E-state index contributed by atoms with van der Waals surface area (Å²) in [6.07, 6.45) is 5.18. The Hall–Kier alpha value is -0.930. The van der Waals surface area contributed by atoms with Gasteiger partial charge in [-0.05, 0) is 26.0 Å². The summed E-state index contributed by atoms with van der Waals surface area (Å²) in [6, 6.07) is 6.82. The summed E-state index contributed by atoms with van der Waals surface area (Å²) in [5, 5.41) is 3.12. The van der Waals surface area contributed by atoms with Gasteiger partial charge in [-0.1, -0.05) is 31.0 Å². The van der Waals surface area contributed by atoms with Gasteiger partial charge in [0, 0.05) is 5.56 Å². The van der Waals surface area contributed by atoms with E-state index in [4.69, 9.17) is 4.74 Å². The van der Waals surface area contributed by atoms with Crippen LogP contribution in [0.2, 0.25) is 0 Å². The SMILES string of the molecule is CNC(COC1CCCC1)c1ccccc1F. The number of hydrogen-bond donors (Lipinski definition) is 1. The highest BCUT2D eigenvalue weighted by molar-refractivity contribution is 5.21. The zero-order chi connectivity index (χ0) is 12.1. The standard InChI is InChI=1S/C14H20FNO/c1-16-14(10-17-11-6-2-3-7-11)12-8-4-5-9-13(12)15/h4-5,8-9,11,14,16H,2-3,6-7,10H2,1H3. The Morgan fingerprint density at radius 1 is 1.35 bits per heavy atom. The van der Waals surface area contributed by atoms with Crippen LogP contribution in [0.4, 0.5) is 4.39 Å². The third-order valence-corrected chi connectivity index (χ3v) is 3.43. The van der Waals surface area contributed by atoms with Crippen molar-refractivity contribution >= 4 is 0 Å². The molecule has 0 amide bonds. The molecule has 1 N–H and O–H groups in total. The summed E-state index contributed by atoms with van der Waals surface area (Å²) in [5.74, 6) is -0.165. The Morgan fingerprint density at radius 2 is 2.06 bits per heavy atom. The lowest BCUT2D eigenvalue weighted by atomic mass is 10.1. The summed E-state index contributed by atoms with van der Waals surface area (Å²) >= 11 is 0. The van der Waals surface area contributed by atoms with Crippen LogP contribution in [0.5, 0.6) is 0 Å². The van der Waals surface area contributed by atoms with Crippen LogP contribution in [0.1, 0.15) is 37.3 Å². The lowest BCUT2D eigenvalue weighted by molar-refractivity contribution is 0.0433. The van der Waals surface area contributed by atoms with E-state index in [-0.39, 0.29) is 11.9 Å². The molecule has 1 aliphatic rings. The Labute approximate surface area is 102 Å². The topological polar surface area (TPSA) is 21.3 Å². The Morgan fingerprint density at radius 3 is 2.71 bits per heavy atom. The van der Waals surface area contributed by atoms with Crippen LogP contribution >= 0.6 is 0 Å². The van der Waals surface area contributed by atoms with Crippen molar-refractivity contribution in [3.63, 3.8) is 0 Å². The molecule has 94 valence electrons. The largest absolute Gasteiger partial charge is 0.376 e. The van der Waals surface area contributed by atoms with Gasteiger partial charge in [-0.15, -0.1) is 0 Å². The second-order valence-electron chi connectivity index (χ2n) is 4.60. The fraction of sp³-hybridized carbons (Fsp3) is 0.571. The summed E-state index contributed by atoms with van der Waals surface area (Å²) in [7, 11) is 1.84. The van der Waals surface area contributed by atoms with E-state index in [9.17, 15) is 4.39 Å². The van der Waals surface area contributed by atoms with Crippen LogP contribution in [0.3, 0.4) is 0 Å². The van der Waals surface area contributed by atoms with E-state index in [2.05, 4.69) is 5.32 Å². The molecule has 2 nitrogen and oxygen atoms in total. The zero-order valence-corrected chi connectivity index (χ0v) is 10.3. The van der Waals surface area contributed by atoms with E-state index in [1.165, 1.54) is 18.9 Å². The molecule has 0 aliphatic heterocycles. The first kappa shape index (κ1) is 12.5. The van der Waals surface area contributed by atoms with Crippen LogP contribution < -0.4 is 5.32 Å². The molecule has 1 aromatic rings. The van der Waals surface area contributed by atoms with Gasteiger partial charge < -0.3 is 10.1 Å². The molecule has 2 rings (SSSR count). The molecule has 1 saturated carbocycles. The van der Waals surface area contributed by atoms with Gasteiger partial charge in [-0.3, -0.25) is 0 Å². The third kappa shape index (κ3) is 3.27. The van der Waals surface area contributed by atoms with Crippen molar-refractivity contribution in [3.05, 3.63) is 35.6 Å². The Bertz CT molecular complexity index is 350. The van der Waals surface area contributed by atoms with Crippen LogP contribution in [0.15, 0.2) is 24.3 Å². The molecule has 0 heterocycles. The lowest BCUT2D eigenvalue weighted by Crippen LogP contribution is -2.25. The molecule has 0 aromatic heterocycles. The second-order valence-corrected chi connectivity index (χ2v) is 4.60. The number of likely N-dealkylation sites (N-methyl/N-ethyl adjacent to an activating group) is 1. The van der Waals surface area contributed by atoms with Crippen LogP contribution in [-0.4, -0.2) is 19.8 Å². The number of hydrogen-bond acceptors (Lipinski definition) is 2. The second kappa shape index (κ2) is 6.12. The predicted octanol–water partition coefficient (Wildman–Crippen LogP) is 3.05. The highest BCUT2D eigenvalue weighted by Crippen LogP contribution is 2.23. The summed E-state index contributed by atoms with van der Waals surface area (Å²) in [4.78, 5) is 0. The van der Waals surface area contributed by atoms with Gasteiger partial charge in [0.05, 0.1) is 18.8 Å². The first-order valence-electron chi connectivity index (χ1n) is 6.34. The van der Waals surface area contributed by atoms with Gasteiger partial charge in [0.15, 0.2) is 0 Å². The van der Waals surface area contributed by atoms with Gasteiger partial charge in [-0.2, -0.15) is 0 Å². The van der Waals surface area contributed by atoms with Crippen molar-refractivity contribution < 1.29 is 9.13 Å². The van der Waals surface area contributed by atoms with Crippen LogP contribution in [-0.2, 0) is 4.74 Å². The lowest BCUT2D eigenvalue weighted by Gasteiger charge is -2.20. The van der Waals surface area contributed by atoms with Crippen molar-refractivity contribution in [2.24, 2.45) is 0 Å². The van der Waals surface area contributed by atoms with Crippen molar-refractivity contribution in [1.82, 2.24) is 5.32 Å². The van der Waals surface area contributed by atoms with E-state index >= 15 is 0 Å². The zero-order valence-electron chi connectivity index (χ0n) is 10.3. The number of ether oxygens (including phenoxy) is 1. The first-order valence-corrected chi connectivity index (χ1v) is 6.34. The average Bonchev–Trinajstić information content (AvgIpc) is 2.85. The van der Waals surface area contributed by atoms with E-state index in [0.29, 0.717) is 18.3 Å². The van der Waals surface area contributed by atoms with Crippen molar-refractivity contribution in [2.45, 2.75) is 37.8 Å². The number of nitrogens with one attached hydrogen (secondary N) is 1. The monoisotopic (exact) mass is 237 g/mol. The molecule has 0 spiro atoms. The Kier molecular flexibility index (Phi) is 4.51. The molecule has 0 saturated heterocycles. The number of rotatable bonds is 5. The van der Waals surface area contributed by atoms with Gasteiger partial charge >= 0.3 is 0 Å². The minimum atomic E-state index is -0.165. The molecule has 1 atom stereocenters. The van der Waals surface area contributed by atoms with Gasteiger partial charge in [0.25, 0.3) is 0 Å². The molecule has 0 radical (unpaired) electrons. The molecule has 1 unspecified atom stereocenters. The molecular weight excluding hydrogens is 217 g/mol. The maximum absolute atomic E-state index is 13.6. The minimum Gasteiger partial charge on any atom is -0.376 e. The highest BCUT2D eigenvalue weighted by Gasteiger charge is 2.19. The van der Waals surface area contributed by atoms with E-state index in [0.717, 1.165) is 12.8 Å². The third-order valence-electron chi connectivity index (χ3n) is 3.43. The number of halogens is 1. The molecule has 1 aliphatic carbocycles. The smallest absolute Gasteiger partial charge is 0.128 e. The van der Waals surface area contributed by atoms with Gasteiger partial charge in [-0.25, -0.2) is 4.39 Å². The van der Waals surface area contributed by atoms with Crippen LogP contribution in [0.25, 0.3) is 0 Å². The quantitative estimate of drug-likeness (QED) is 0.850. The average molecular weight is 237 g/mol. The van der Waals surface area contributed by atoms with E-state index in [1.807, 2.05) is 19.2 Å². The maximum atomic E-state index is 13.6. The first-order chi connectivity index (χ1) is 8.31. The van der Waals surface area contributed by atoms with Crippen molar-refractivity contribution in [2.75, 3.05) is 13.7 Å². The van der Waals surface area contributed by atoms with Crippen molar-refractivity contribution in [3.8, 4) is 0 Å². The van der Waals surface area contributed by atoms with Crippen LogP contribution in [0, 0.1) is 5.82 Å². The van der Waals surface area contributed by atoms with Gasteiger partial charge in [0.2, 0.25) is 0 Å².